The number of hydrogen-bond donors (Lipinski definition) is 1. The van der Waals surface area contributed by atoms with Crippen molar-refractivity contribution in [2.45, 2.75) is 44.8 Å². The van der Waals surface area contributed by atoms with Gasteiger partial charge in [-0.15, -0.1) is 0 Å². The molecule has 1 atom stereocenters. The van der Waals surface area contributed by atoms with E-state index >= 15 is 0 Å². The second kappa shape index (κ2) is 8.23. The molecule has 1 fully saturated rings. The smallest absolute Gasteiger partial charge is 0.268 e. The van der Waals surface area contributed by atoms with Crippen molar-refractivity contribution in [2.24, 2.45) is 5.92 Å². The topological polar surface area (TPSA) is 71.5 Å². The van der Waals surface area contributed by atoms with Crippen LogP contribution in [0.2, 0.25) is 5.02 Å². The van der Waals surface area contributed by atoms with E-state index in [1.54, 1.807) is 0 Å². The Balaban J connectivity index is 1.55. The average molecular weight is 472 g/mol. The van der Waals surface area contributed by atoms with Crippen LogP contribution >= 0.6 is 11.6 Å². The maximum atomic E-state index is 13.6. The summed E-state index contributed by atoms with van der Waals surface area (Å²) >= 11 is 6.23. The van der Waals surface area contributed by atoms with E-state index < -0.39 is 41.4 Å². The molecule has 0 radical (unpaired) electrons. The molecular formula is C21H18ClF4N3O3. The Hall–Kier alpha value is -2.88. The lowest BCUT2D eigenvalue weighted by atomic mass is 9.79. The third kappa shape index (κ3) is 4.64. The van der Waals surface area contributed by atoms with Gasteiger partial charge in [0.2, 0.25) is 17.7 Å². The molecule has 1 aromatic carbocycles. The van der Waals surface area contributed by atoms with E-state index in [2.05, 4.69) is 10.3 Å². The van der Waals surface area contributed by atoms with E-state index in [-0.39, 0.29) is 53.8 Å². The van der Waals surface area contributed by atoms with Crippen LogP contribution in [-0.4, -0.2) is 28.8 Å². The number of carbonyl (C=O) groups is 2. The Morgan fingerprint density at radius 3 is 2.53 bits per heavy atom. The number of nitrogens with one attached hydrogen (secondary N) is 1. The average Bonchev–Trinajstić information content (AvgIpc) is 2.65. The van der Waals surface area contributed by atoms with E-state index in [0.29, 0.717) is 0 Å². The molecular weight excluding hydrogens is 454 g/mol. The molecule has 2 amide bonds. The molecule has 0 spiro atoms. The van der Waals surface area contributed by atoms with Gasteiger partial charge in [-0.2, -0.15) is 4.98 Å². The van der Waals surface area contributed by atoms with Gasteiger partial charge in [0.05, 0.1) is 11.6 Å². The zero-order valence-electron chi connectivity index (χ0n) is 16.8. The number of alkyl halides is 2. The molecule has 1 saturated carbocycles. The van der Waals surface area contributed by atoms with Gasteiger partial charge in [0.1, 0.15) is 17.3 Å². The molecule has 0 saturated heterocycles. The number of aromatic nitrogens is 1. The van der Waals surface area contributed by atoms with E-state index in [9.17, 15) is 27.2 Å². The highest BCUT2D eigenvalue weighted by Gasteiger charge is 2.45. The first-order valence-electron chi connectivity index (χ1n) is 9.82. The molecule has 6 nitrogen and oxygen atoms in total. The van der Waals surface area contributed by atoms with Crippen LogP contribution in [0, 0.1) is 17.6 Å². The molecule has 1 N–H and O–H groups in total. The number of pyridine rings is 1. The van der Waals surface area contributed by atoms with E-state index in [4.69, 9.17) is 16.3 Å². The molecule has 32 heavy (non-hydrogen) atoms. The monoisotopic (exact) mass is 471 g/mol. The fourth-order valence-electron chi connectivity index (χ4n) is 3.81. The van der Waals surface area contributed by atoms with Crippen molar-refractivity contribution in [3.8, 4) is 5.88 Å². The van der Waals surface area contributed by atoms with Gasteiger partial charge in [0, 0.05) is 25.3 Å². The van der Waals surface area contributed by atoms with Gasteiger partial charge < -0.3 is 10.1 Å². The van der Waals surface area contributed by atoms with Gasteiger partial charge in [0.15, 0.2) is 11.9 Å². The highest BCUT2D eigenvalue weighted by atomic mass is 35.5. The quantitative estimate of drug-likeness (QED) is 0.642. The Morgan fingerprint density at radius 2 is 1.91 bits per heavy atom. The lowest BCUT2D eigenvalue weighted by molar-refractivity contribution is -0.130. The van der Waals surface area contributed by atoms with Crippen LogP contribution in [-0.2, 0) is 16.1 Å². The van der Waals surface area contributed by atoms with Crippen LogP contribution < -0.4 is 15.0 Å². The van der Waals surface area contributed by atoms with Crippen molar-refractivity contribution in [1.29, 1.82) is 0 Å². The Kier molecular flexibility index (Phi) is 5.74. The summed E-state index contributed by atoms with van der Waals surface area (Å²) in [5, 5.41) is 2.47. The number of hydrogen-bond acceptors (Lipinski definition) is 4. The summed E-state index contributed by atoms with van der Waals surface area (Å²) in [7, 11) is 0. The van der Waals surface area contributed by atoms with Crippen LogP contribution in [0.4, 0.5) is 29.1 Å². The van der Waals surface area contributed by atoms with Gasteiger partial charge >= 0.3 is 0 Å². The molecule has 2 aromatic rings. The molecule has 0 bridgehead atoms. The molecule has 1 aromatic heterocycles. The minimum Gasteiger partial charge on any atom is -0.463 e. The first-order valence-corrected chi connectivity index (χ1v) is 10.2. The summed E-state index contributed by atoms with van der Waals surface area (Å²) in [6.45, 7) is 1.32. The number of nitrogens with zero attached hydrogens (tertiary/aromatic N) is 2. The number of amides is 2. The second-order valence-electron chi connectivity index (χ2n) is 7.99. The van der Waals surface area contributed by atoms with Crippen molar-refractivity contribution in [3.05, 3.63) is 46.5 Å². The molecule has 1 aliphatic heterocycles. The predicted molar refractivity (Wildman–Crippen MR) is 108 cm³/mol. The lowest BCUT2D eigenvalue weighted by Crippen LogP contribution is -2.44. The van der Waals surface area contributed by atoms with Gasteiger partial charge in [-0.3, -0.25) is 14.5 Å². The second-order valence-corrected chi connectivity index (χ2v) is 8.39. The Labute approximate surface area is 185 Å². The maximum Gasteiger partial charge on any atom is 0.268 e. The first kappa shape index (κ1) is 22.3. The number of carbonyl (C=O) groups excluding carboxylic acids is 2. The van der Waals surface area contributed by atoms with Crippen LogP contribution in [0.25, 0.3) is 0 Å². The van der Waals surface area contributed by atoms with Crippen molar-refractivity contribution in [2.75, 3.05) is 10.2 Å². The van der Waals surface area contributed by atoms with E-state index in [0.717, 1.165) is 18.2 Å². The lowest BCUT2D eigenvalue weighted by Gasteiger charge is -2.34. The van der Waals surface area contributed by atoms with Gasteiger partial charge in [0.25, 0.3) is 5.91 Å². The van der Waals surface area contributed by atoms with Crippen molar-refractivity contribution >= 4 is 34.9 Å². The van der Waals surface area contributed by atoms with Gasteiger partial charge in [-0.05, 0) is 36.6 Å². The summed E-state index contributed by atoms with van der Waals surface area (Å²) in [5.41, 5.74) is 0.376. The number of benzene rings is 1. The Morgan fingerprint density at radius 1 is 1.25 bits per heavy atom. The summed E-state index contributed by atoms with van der Waals surface area (Å²) in [6, 6.07) is 4.27. The minimum atomic E-state index is -2.72. The number of halogens is 5. The van der Waals surface area contributed by atoms with Crippen LogP contribution in [0.5, 0.6) is 5.88 Å². The first-order chi connectivity index (χ1) is 15.0. The van der Waals surface area contributed by atoms with Crippen molar-refractivity contribution in [1.82, 2.24) is 4.98 Å². The Bertz CT molecular complexity index is 1070. The molecule has 1 aliphatic carbocycles. The number of fused-ring (bicyclic) bond motifs is 1. The standard InChI is InChI=1S/C21H18ClF4N3O3/c1-10-20(31)29(9-11-2-13(23)5-14(24)3-11)16-6-15(22)18(28-19(16)32-10)27-17(30)4-12-7-21(25,26)8-12/h2-3,5-6,10,12H,4,7-9H2,1H3,(H,27,28,30)/t10-/m1/s1. The SMILES string of the molecule is C[C@H]1Oc2nc(NC(=O)CC3CC(F)(F)C3)c(Cl)cc2N(Cc2cc(F)cc(F)c2)C1=O. The minimum absolute atomic E-state index is 0.0103. The highest BCUT2D eigenvalue weighted by molar-refractivity contribution is 6.33. The van der Waals surface area contributed by atoms with Crippen molar-refractivity contribution in [3.63, 3.8) is 0 Å². The van der Waals surface area contributed by atoms with Crippen LogP contribution in [0.15, 0.2) is 24.3 Å². The molecule has 0 unspecified atom stereocenters. The van der Waals surface area contributed by atoms with E-state index in [1.807, 2.05) is 0 Å². The largest absolute Gasteiger partial charge is 0.463 e. The number of anilines is 2. The van der Waals surface area contributed by atoms with Crippen molar-refractivity contribution < 1.29 is 31.9 Å². The molecule has 4 rings (SSSR count). The fourth-order valence-corrected chi connectivity index (χ4v) is 4.00. The van der Waals surface area contributed by atoms with Crippen LogP contribution in [0.3, 0.4) is 0 Å². The molecule has 2 heterocycles. The highest BCUT2D eigenvalue weighted by Crippen LogP contribution is 2.44. The molecule has 2 aliphatic rings. The zero-order valence-corrected chi connectivity index (χ0v) is 17.6. The van der Waals surface area contributed by atoms with Gasteiger partial charge in [-0.25, -0.2) is 17.6 Å². The summed E-state index contributed by atoms with van der Waals surface area (Å²) in [4.78, 5) is 30.3. The normalized spacial score (nSPS) is 19.8. The van der Waals surface area contributed by atoms with E-state index in [1.165, 1.54) is 17.9 Å². The summed E-state index contributed by atoms with van der Waals surface area (Å²) in [6.07, 6.45) is -1.73. The number of ether oxygens (including phenoxy) is 1. The fraction of sp³-hybridized carbons (Fsp3) is 0.381. The predicted octanol–water partition coefficient (Wildman–Crippen LogP) is 4.70. The molecule has 11 heteroatoms. The third-order valence-electron chi connectivity index (χ3n) is 5.28. The molecule has 170 valence electrons. The maximum absolute atomic E-state index is 13.6. The third-order valence-corrected chi connectivity index (χ3v) is 5.57. The summed E-state index contributed by atoms with van der Waals surface area (Å²) in [5.74, 6) is -5.76. The van der Waals surface area contributed by atoms with Crippen LogP contribution in [0.1, 0.15) is 31.7 Å². The number of rotatable bonds is 5. The zero-order chi connectivity index (χ0) is 23.2. The summed E-state index contributed by atoms with van der Waals surface area (Å²) < 4.78 is 58.6. The van der Waals surface area contributed by atoms with Gasteiger partial charge in [-0.1, -0.05) is 11.6 Å².